The Bertz CT molecular complexity index is 1090. The Morgan fingerprint density at radius 3 is 2.57 bits per heavy atom. The molecule has 3 rings (SSSR count). The standard InChI is InChI=1S/C20H23N3O4S/c1-20(2,3)17(24)12-18-21-19(25)16(28-18)11-13-6-7-14(15(10-13)23(26)27)22-8-4-5-9-22/h6-7,10-12H,4-5,8-9H2,1-3H3,(H,21,25). The average molecular weight is 401 g/mol. The molecule has 1 aromatic heterocycles. The first-order valence-corrected chi connectivity index (χ1v) is 9.97. The minimum Gasteiger partial charge on any atom is -0.366 e. The number of nitro benzene ring substituents is 1. The van der Waals surface area contributed by atoms with Crippen molar-refractivity contribution in [1.82, 2.24) is 4.98 Å². The number of aromatic amines is 1. The molecule has 1 aliphatic heterocycles. The van der Waals surface area contributed by atoms with Crippen LogP contribution in [0.4, 0.5) is 11.4 Å². The lowest BCUT2D eigenvalue weighted by Crippen LogP contribution is -2.22. The Kier molecular flexibility index (Phi) is 5.51. The number of benzene rings is 1. The van der Waals surface area contributed by atoms with E-state index < -0.39 is 5.41 Å². The lowest BCUT2D eigenvalue weighted by Gasteiger charge is -2.17. The lowest BCUT2D eigenvalue weighted by molar-refractivity contribution is -0.384. The lowest BCUT2D eigenvalue weighted by atomic mass is 9.91. The summed E-state index contributed by atoms with van der Waals surface area (Å²) in [6.45, 7) is 7.06. The highest BCUT2D eigenvalue weighted by Crippen LogP contribution is 2.31. The molecule has 0 bridgehead atoms. The van der Waals surface area contributed by atoms with Gasteiger partial charge >= 0.3 is 0 Å². The van der Waals surface area contributed by atoms with Crippen molar-refractivity contribution in [2.75, 3.05) is 18.0 Å². The van der Waals surface area contributed by atoms with Gasteiger partial charge in [-0.05, 0) is 30.5 Å². The van der Waals surface area contributed by atoms with Crippen LogP contribution in [0, 0.1) is 15.5 Å². The summed E-state index contributed by atoms with van der Waals surface area (Å²) < 4.78 is 0.871. The quantitative estimate of drug-likeness (QED) is 0.626. The van der Waals surface area contributed by atoms with E-state index >= 15 is 0 Å². The first kappa shape index (κ1) is 20.0. The number of hydrogen-bond acceptors (Lipinski definition) is 6. The Morgan fingerprint density at radius 2 is 1.96 bits per heavy atom. The maximum atomic E-state index is 12.2. The highest BCUT2D eigenvalue weighted by atomic mass is 32.1. The Morgan fingerprint density at radius 1 is 1.29 bits per heavy atom. The minimum absolute atomic E-state index is 0.0401. The van der Waals surface area contributed by atoms with E-state index in [1.54, 1.807) is 18.2 Å². The Balaban J connectivity index is 2.01. The molecule has 1 N–H and O–H groups in total. The van der Waals surface area contributed by atoms with E-state index in [0.29, 0.717) is 20.4 Å². The van der Waals surface area contributed by atoms with E-state index in [-0.39, 0.29) is 22.0 Å². The smallest absolute Gasteiger partial charge is 0.293 e. The zero-order valence-electron chi connectivity index (χ0n) is 16.2. The molecule has 0 spiro atoms. The van der Waals surface area contributed by atoms with Crippen LogP contribution in [0.2, 0.25) is 0 Å². The molecule has 0 radical (unpaired) electrons. The molecule has 0 unspecified atom stereocenters. The molecule has 2 aromatic rings. The third-order valence-electron chi connectivity index (χ3n) is 4.62. The van der Waals surface area contributed by atoms with Crippen LogP contribution < -0.4 is 19.7 Å². The molecule has 1 saturated heterocycles. The molecule has 0 saturated carbocycles. The van der Waals surface area contributed by atoms with Gasteiger partial charge in [0.05, 0.1) is 14.1 Å². The van der Waals surface area contributed by atoms with E-state index in [2.05, 4.69) is 4.98 Å². The number of nitrogens with zero attached hydrogens (tertiary/aromatic N) is 2. The number of nitrogens with one attached hydrogen (secondary N) is 1. The zero-order valence-corrected chi connectivity index (χ0v) is 17.0. The number of carbonyl (C=O) groups is 1. The number of Topliss-reactive ketones (excluding diaryl/α,β-unsaturated/α-hetero) is 1. The molecule has 1 aliphatic rings. The summed E-state index contributed by atoms with van der Waals surface area (Å²) in [7, 11) is 0. The van der Waals surface area contributed by atoms with Crippen molar-refractivity contribution in [2.24, 2.45) is 5.41 Å². The summed E-state index contributed by atoms with van der Waals surface area (Å²) in [6, 6.07) is 5.02. The molecule has 1 aromatic carbocycles. The third-order valence-corrected chi connectivity index (χ3v) is 5.59. The van der Waals surface area contributed by atoms with Gasteiger partial charge in [-0.15, -0.1) is 11.3 Å². The van der Waals surface area contributed by atoms with Crippen LogP contribution >= 0.6 is 11.3 Å². The van der Waals surface area contributed by atoms with Crippen LogP contribution in [0.5, 0.6) is 0 Å². The number of hydrogen-bond donors (Lipinski definition) is 1. The number of ketones is 1. The number of thiazole rings is 1. The van der Waals surface area contributed by atoms with Crippen LogP contribution in [-0.2, 0) is 4.79 Å². The molecular weight excluding hydrogens is 378 g/mol. The number of carbonyl (C=O) groups excluding carboxylic acids is 1. The monoisotopic (exact) mass is 401 g/mol. The van der Waals surface area contributed by atoms with Crippen LogP contribution in [0.1, 0.15) is 39.2 Å². The van der Waals surface area contributed by atoms with Crippen molar-refractivity contribution < 1.29 is 9.72 Å². The van der Waals surface area contributed by atoms with Gasteiger partial charge in [-0.1, -0.05) is 26.8 Å². The van der Waals surface area contributed by atoms with E-state index in [9.17, 15) is 19.7 Å². The van der Waals surface area contributed by atoms with Crippen LogP contribution in [0.3, 0.4) is 0 Å². The van der Waals surface area contributed by atoms with Gasteiger partial charge in [-0.3, -0.25) is 19.7 Å². The fourth-order valence-corrected chi connectivity index (χ4v) is 3.90. The first-order chi connectivity index (χ1) is 13.1. The van der Waals surface area contributed by atoms with Gasteiger partial charge in [0, 0.05) is 30.6 Å². The third kappa shape index (κ3) is 4.39. The average Bonchev–Trinajstić information content (AvgIpc) is 3.24. The van der Waals surface area contributed by atoms with E-state index in [0.717, 1.165) is 37.3 Å². The second-order valence-electron chi connectivity index (χ2n) is 7.89. The molecule has 28 heavy (non-hydrogen) atoms. The topological polar surface area (TPSA) is 96.3 Å². The summed E-state index contributed by atoms with van der Waals surface area (Å²) in [6.07, 6.45) is 5.11. The number of anilines is 1. The molecule has 7 nitrogen and oxygen atoms in total. The van der Waals surface area contributed by atoms with Crippen LogP contribution in [0.15, 0.2) is 23.0 Å². The van der Waals surface area contributed by atoms with E-state index in [1.165, 1.54) is 12.1 Å². The SMILES string of the molecule is CC(C)(C)C(=O)C=c1[nH]c(=O)c(=Cc2ccc(N3CCCC3)c([N+](=O)[O-])c2)s1. The molecule has 0 aliphatic carbocycles. The van der Waals surface area contributed by atoms with Gasteiger partial charge in [0.15, 0.2) is 5.78 Å². The van der Waals surface area contributed by atoms with Crippen LogP contribution in [-0.4, -0.2) is 28.8 Å². The summed E-state index contributed by atoms with van der Waals surface area (Å²) in [5, 5.41) is 11.5. The number of rotatable bonds is 4. The van der Waals surface area contributed by atoms with Gasteiger partial charge in [0.1, 0.15) is 5.69 Å². The number of aromatic nitrogens is 1. The molecule has 1 fully saturated rings. The van der Waals surface area contributed by atoms with Crippen LogP contribution in [0.25, 0.3) is 12.2 Å². The predicted molar refractivity (Wildman–Crippen MR) is 111 cm³/mol. The van der Waals surface area contributed by atoms with Crippen molar-refractivity contribution in [3.8, 4) is 0 Å². The summed E-state index contributed by atoms with van der Waals surface area (Å²) in [5.41, 5.74) is 0.388. The van der Waals surface area contributed by atoms with Gasteiger partial charge < -0.3 is 9.88 Å². The molecule has 0 atom stereocenters. The van der Waals surface area contributed by atoms with Crippen molar-refractivity contribution in [2.45, 2.75) is 33.6 Å². The van der Waals surface area contributed by atoms with E-state index in [1.807, 2.05) is 25.7 Å². The maximum Gasteiger partial charge on any atom is 0.293 e. The van der Waals surface area contributed by atoms with Gasteiger partial charge in [0.2, 0.25) is 0 Å². The summed E-state index contributed by atoms with van der Waals surface area (Å²) in [5.74, 6) is -0.0813. The first-order valence-electron chi connectivity index (χ1n) is 9.15. The Labute approximate surface area is 166 Å². The summed E-state index contributed by atoms with van der Waals surface area (Å²) in [4.78, 5) is 40.2. The molecule has 0 amide bonds. The largest absolute Gasteiger partial charge is 0.366 e. The number of H-pyrrole nitrogens is 1. The van der Waals surface area contributed by atoms with Gasteiger partial charge in [-0.25, -0.2) is 0 Å². The van der Waals surface area contributed by atoms with Gasteiger partial charge in [0.25, 0.3) is 11.2 Å². The highest BCUT2D eigenvalue weighted by Gasteiger charge is 2.22. The minimum atomic E-state index is -0.531. The fourth-order valence-electron chi connectivity index (χ4n) is 3.01. The maximum absolute atomic E-state index is 12.2. The second kappa shape index (κ2) is 7.71. The van der Waals surface area contributed by atoms with Crippen molar-refractivity contribution in [3.63, 3.8) is 0 Å². The predicted octanol–water partition coefficient (Wildman–Crippen LogP) is 2.17. The molecule has 8 heteroatoms. The fraction of sp³-hybridized carbons (Fsp3) is 0.400. The van der Waals surface area contributed by atoms with E-state index in [4.69, 9.17) is 0 Å². The summed E-state index contributed by atoms with van der Waals surface area (Å²) >= 11 is 1.16. The zero-order chi connectivity index (χ0) is 20.5. The van der Waals surface area contributed by atoms with Crippen molar-refractivity contribution in [3.05, 3.63) is 53.4 Å². The molecule has 2 heterocycles. The van der Waals surface area contributed by atoms with Gasteiger partial charge in [-0.2, -0.15) is 0 Å². The normalized spacial score (nSPS) is 16.0. The molecule has 148 valence electrons. The second-order valence-corrected chi connectivity index (χ2v) is 8.97. The Hall–Kier alpha value is -2.74. The van der Waals surface area contributed by atoms with Crippen molar-refractivity contribution in [1.29, 1.82) is 0 Å². The van der Waals surface area contributed by atoms with Crippen molar-refractivity contribution >= 4 is 40.6 Å². The molecular formula is C20H23N3O4S. The number of nitro groups is 1. The highest BCUT2D eigenvalue weighted by molar-refractivity contribution is 7.07.